The number of aromatic nitrogens is 2. The fourth-order valence-electron chi connectivity index (χ4n) is 3.37. The molecule has 0 unspecified atom stereocenters. The quantitative estimate of drug-likeness (QED) is 0.279. The van der Waals surface area contributed by atoms with Crippen LogP contribution in [-0.2, 0) is 14.1 Å². The Bertz CT molecular complexity index is 1490. The molecule has 6 nitrogen and oxygen atoms in total. The van der Waals surface area contributed by atoms with Crippen molar-refractivity contribution in [2.45, 2.75) is 0 Å². The van der Waals surface area contributed by atoms with Crippen molar-refractivity contribution in [2.24, 2.45) is 34.5 Å². The van der Waals surface area contributed by atoms with Gasteiger partial charge in [0.1, 0.15) is 0 Å². The number of aryl methyl sites for hydroxylation is 2. The molecule has 0 fully saturated rings. The van der Waals surface area contributed by atoms with Crippen LogP contribution in [0.15, 0.2) is 93.2 Å². The summed E-state index contributed by atoms with van der Waals surface area (Å²) in [6.45, 7) is 0. The van der Waals surface area contributed by atoms with Crippen LogP contribution in [0, 0.1) is 0 Å². The van der Waals surface area contributed by atoms with Crippen molar-refractivity contribution in [3.05, 3.63) is 93.5 Å². The molecule has 0 radical (unpaired) electrons. The second kappa shape index (κ2) is 8.86. The molecule has 0 spiro atoms. The molecule has 32 heavy (non-hydrogen) atoms. The molecule has 0 aliphatic carbocycles. The molecule has 0 amide bonds. The summed E-state index contributed by atoms with van der Waals surface area (Å²) >= 11 is 3.24. The Morgan fingerprint density at radius 2 is 1.09 bits per heavy atom. The lowest BCUT2D eigenvalue weighted by Gasteiger charge is -1.95. The molecule has 2 heterocycles. The van der Waals surface area contributed by atoms with E-state index in [0.29, 0.717) is 0 Å². The van der Waals surface area contributed by atoms with Crippen LogP contribution >= 0.6 is 22.7 Å². The van der Waals surface area contributed by atoms with E-state index in [4.69, 9.17) is 0 Å². The Labute approximate surface area is 192 Å². The normalized spacial score (nSPS) is 13.4. The monoisotopic (exact) mass is 456 g/mol. The van der Waals surface area contributed by atoms with Crippen molar-refractivity contribution in [3.63, 3.8) is 0 Å². The molecular weight excluding hydrogens is 436 g/mol. The second-order valence-corrected chi connectivity index (χ2v) is 9.20. The van der Waals surface area contributed by atoms with Crippen LogP contribution in [0.3, 0.4) is 0 Å². The zero-order chi connectivity index (χ0) is 21.9. The zero-order valence-corrected chi connectivity index (χ0v) is 19.2. The molecule has 0 aliphatic rings. The highest BCUT2D eigenvalue weighted by Gasteiger charge is 2.01. The number of para-hydroxylation sites is 2. The van der Waals surface area contributed by atoms with Gasteiger partial charge in [0.2, 0.25) is 9.60 Å². The predicted molar refractivity (Wildman–Crippen MR) is 134 cm³/mol. The van der Waals surface area contributed by atoms with Crippen LogP contribution in [0.4, 0.5) is 0 Å². The lowest BCUT2D eigenvalue weighted by Crippen LogP contribution is -2.09. The highest BCUT2D eigenvalue weighted by molar-refractivity contribution is 7.16. The summed E-state index contributed by atoms with van der Waals surface area (Å²) in [4.78, 5) is 1.71. The van der Waals surface area contributed by atoms with E-state index in [1.54, 1.807) is 35.1 Å². The first-order chi connectivity index (χ1) is 15.7. The van der Waals surface area contributed by atoms with E-state index in [-0.39, 0.29) is 0 Å². The Kier molecular flexibility index (Phi) is 5.62. The summed E-state index contributed by atoms with van der Waals surface area (Å²) < 4.78 is 6.49. The van der Waals surface area contributed by atoms with Gasteiger partial charge in [-0.3, -0.25) is 0 Å². The summed E-state index contributed by atoms with van der Waals surface area (Å²) in [5, 5.41) is 17.4. The average molecular weight is 457 g/mol. The van der Waals surface area contributed by atoms with Crippen molar-refractivity contribution >= 4 is 55.5 Å². The summed E-state index contributed by atoms with van der Waals surface area (Å²) in [6, 6.07) is 24.4. The molecule has 0 aliphatic heterocycles. The molecule has 0 N–H and O–H groups in total. The third kappa shape index (κ3) is 4.10. The molecule has 3 aromatic carbocycles. The van der Waals surface area contributed by atoms with Crippen LogP contribution in [0.5, 0.6) is 0 Å². The lowest BCUT2D eigenvalue weighted by atomic mass is 10.1. The first-order valence-corrected chi connectivity index (χ1v) is 11.7. The second-order valence-electron chi connectivity index (χ2n) is 7.18. The van der Waals surface area contributed by atoms with E-state index in [9.17, 15) is 0 Å². The predicted octanol–water partition coefficient (Wildman–Crippen LogP) is 4.66. The molecule has 0 atom stereocenters. The Balaban J connectivity index is 1.37. The van der Waals surface area contributed by atoms with E-state index in [1.807, 2.05) is 62.6 Å². The maximum Gasteiger partial charge on any atom is 0.211 e. The molecule has 0 saturated carbocycles. The maximum atomic E-state index is 4.40. The molecule has 2 aromatic heterocycles. The highest BCUT2D eigenvalue weighted by Crippen LogP contribution is 2.16. The summed E-state index contributed by atoms with van der Waals surface area (Å²) in [7, 11) is 4.01. The number of rotatable bonds is 4. The first-order valence-electron chi connectivity index (χ1n) is 10.0. The fraction of sp³-hybridized carbons (Fsp3) is 0.0833. The number of hydrogen-bond acceptors (Lipinski definition) is 6. The summed E-state index contributed by atoms with van der Waals surface area (Å²) in [5.41, 5.74) is 4.21. The smallest absolute Gasteiger partial charge is 0.211 e. The minimum absolute atomic E-state index is 0.857. The minimum atomic E-state index is 0.857. The Morgan fingerprint density at radius 1 is 0.625 bits per heavy atom. The number of hydrogen-bond donors (Lipinski definition) is 0. The van der Waals surface area contributed by atoms with Crippen molar-refractivity contribution in [2.75, 3.05) is 0 Å². The van der Waals surface area contributed by atoms with Gasteiger partial charge in [-0.1, -0.05) is 65.1 Å². The van der Waals surface area contributed by atoms with E-state index < -0.39 is 0 Å². The van der Waals surface area contributed by atoms with Crippen LogP contribution in [0.2, 0.25) is 0 Å². The average Bonchev–Trinajstić information content (AvgIpc) is 3.31. The topological polar surface area (TPSA) is 59.3 Å². The van der Waals surface area contributed by atoms with Gasteiger partial charge in [-0.25, -0.2) is 0 Å². The molecule has 5 aromatic rings. The molecule has 0 bridgehead atoms. The number of benzene rings is 3. The van der Waals surface area contributed by atoms with Crippen molar-refractivity contribution < 1.29 is 0 Å². The number of nitrogens with zero attached hydrogens (tertiary/aromatic N) is 6. The van der Waals surface area contributed by atoms with Gasteiger partial charge in [0, 0.05) is 14.1 Å². The van der Waals surface area contributed by atoms with Crippen molar-refractivity contribution in [1.29, 1.82) is 0 Å². The van der Waals surface area contributed by atoms with E-state index >= 15 is 0 Å². The molecular formula is C24H20N6S2. The fourth-order valence-corrected chi connectivity index (χ4v) is 5.32. The van der Waals surface area contributed by atoms with Gasteiger partial charge in [0.25, 0.3) is 0 Å². The zero-order valence-electron chi connectivity index (χ0n) is 17.6. The minimum Gasteiger partial charge on any atom is -0.318 e. The molecule has 0 saturated heterocycles. The largest absolute Gasteiger partial charge is 0.318 e. The SMILES string of the molecule is Cn1/c(=N\N=C\c2cccc(/C=N/N=c3/sc4ccccc4n3C)c2)sc2ccccc21. The molecule has 158 valence electrons. The standard InChI is InChI=1S/C24H20N6S2/c1-29-19-10-3-5-12-21(19)31-23(29)27-25-15-17-8-7-9-18(14-17)16-26-28-24-30(2)20-11-4-6-13-22(20)32-24/h3-16H,1-2H3/b25-15+,26-16+,27-23+,28-24+. The van der Waals surface area contributed by atoms with Gasteiger partial charge < -0.3 is 9.13 Å². The highest BCUT2D eigenvalue weighted by atomic mass is 32.1. The van der Waals surface area contributed by atoms with E-state index in [2.05, 4.69) is 53.8 Å². The van der Waals surface area contributed by atoms with Gasteiger partial charge in [0.15, 0.2) is 0 Å². The van der Waals surface area contributed by atoms with Crippen LogP contribution in [0.25, 0.3) is 20.4 Å². The van der Waals surface area contributed by atoms with Gasteiger partial charge >= 0.3 is 0 Å². The lowest BCUT2D eigenvalue weighted by molar-refractivity contribution is 0.889. The maximum absolute atomic E-state index is 4.40. The van der Waals surface area contributed by atoms with Crippen molar-refractivity contribution in [1.82, 2.24) is 9.13 Å². The molecule has 8 heteroatoms. The third-order valence-electron chi connectivity index (χ3n) is 5.04. The van der Waals surface area contributed by atoms with Crippen LogP contribution in [-0.4, -0.2) is 21.6 Å². The third-order valence-corrected chi connectivity index (χ3v) is 7.25. The van der Waals surface area contributed by atoms with Crippen molar-refractivity contribution in [3.8, 4) is 0 Å². The Hall–Kier alpha value is -3.62. The number of fused-ring (bicyclic) bond motifs is 2. The van der Waals surface area contributed by atoms with E-state index in [1.165, 1.54) is 9.40 Å². The van der Waals surface area contributed by atoms with Gasteiger partial charge in [0.05, 0.1) is 32.9 Å². The first kappa shape index (κ1) is 20.3. The summed E-state index contributed by atoms with van der Waals surface area (Å²) in [6.07, 6.45) is 3.51. The molecule has 5 rings (SSSR count). The Morgan fingerprint density at radius 3 is 1.56 bits per heavy atom. The van der Waals surface area contributed by atoms with Crippen LogP contribution < -0.4 is 9.60 Å². The van der Waals surface area contributed by atoms with Gasteiger partial charge in [-0.05, 0) is 41.5 Å². The number of thiazole rings is 2. The summed E-state index contributed by atoms with van der Waals surface area (Å²) in [5.74, 6) is 0. The van der Waals surface area contributed by atoms with Crippen LogP contribution in [0.1, 0.15) is 11.1 Å². The van der Waals surface area contributed by atoms with Gasteiger partial charge in [-0.2, -0.15) is 10.2 Å². The van der Waals surface area contributed by atoms with E-state index in [0.717, 1.165) is 31.8 Å². The van der Waals surface area contributed by atoms with Gasteiger partial charge in [-0.15, -0.1) is 10.2 Å².